The van der Waals surface area contributed by atoms with Crippen LogP contribution in [0.1, 0.15) is 67.2 Å². The molecule has 2 fully saturated rings. The molecule has 1 unspecified atom stereocenters. The van der Waals surface area contributed by atoms with E-state index in [1.54, 1.807) is 0 Å². The summed E-state index contributed by atoms with van der Waals surface area (Å²) in [6.45, 7) is 6.84. The molecule has 0 spiro atoms. The van der Waals surface area contributed by atoms with E-state index in [-0.39, 0.29) is 11.8 Å². The Morgan fingerprint density at radius 3 is 2.55 bits per heavy atom. The molecule has 1 atom stereocenters. The van der Waals surface area contributed by atoms with Gasteiger partial charge >= 0.3 is 0 Å². The number of hydrogen-bond donors (Lipinski definition) is 1. The number of amides is 1. The van der Waals surface area contributed by atoms with Crippen molar-refractivity contribution in [2.24, 2.45) is 11.8 Å². The van der Waals surface area contributed by atoms with E-state index >= 15 is 0 Å². The molecule has 0 bridgehead atoms. The molecule has 0 saturated heterocycles. The fraction of sp³-hybridized carbons (Fsp3) is 0.519. The summed E-state index contributed by atoms with van der Waals surface area (Å²) in [4.78, 5) is 14.6. The van der Waals surface area contributed by atoms with Crippen molar-refractivity contribution < 1.29 is 9.53 Å². The van der Waals surface area contributed by atoms with Gasteiger partial charge in [0.15, 0.2) is 0 Å². The van der Waals surface area contributed by atoms with Gasteiger partial charge in [0.2, 0.25) is 5.91 Å². The molecule has 2 aromatic carbocycles. The lowest BCUT2D eigenvalue weighted by Gasteiger charge is -2.33. The van der Waals surface area contributed by atoms with Crippen molar-refractivity contribution in [2.75, 3.05) is 13.2 Å². The van der Waals surface area contributed by atoms with Gasteiger partial charge in [-0.15, -0.1) is 0 Å². The highest BCUT2D eigenvalue weighted by Crippen LogP contribution is 2.34. The Hall–Kier alpha value is -2.33. The molecule has 5 rings (SSSR count). The monoisotopic (exact) mass is 418 g/mol. The summed E-state index contributed by atoms with van der Waals surface area (Å²) in [6, 6.07) is 15.4. The second kappa shape index (κ2) is 9.04. The molecule has 2 saturated carbocycles. The Kier molecular flexibility index (Phi) is 5.99. The summed E-state index contributed by atoms with van der Waals surface area (Å²) >= 11 is 0. The van der Waals surface area contributed by atoms with Gasteiger partial charge in [-0.05, 0) is 71.9 Å². The number of hydrogen-bond acceptors (Lipinski definition) is 3. The van der Waals surface area contributed by atoms with Crippen LogP contribution in [0, 0.1) is 11.8 Å². The van der Waals surface area contributed by atoms with E-state index in [0.29, 0.717) is 12.5 Å². The second-order valence-electron chi connectivity index (χ2n) is 9.85. The van der Waals surface area contributed by atoms with Gasteiger partial charge in [-0.25, -0.2) is 0 Å². The fourth-order valence-corrected chi connectivity index (χ4v) is 4.70. The zero-order chi connectivity index (χ0) is 21.2. The van der Waals surface area contributed by atoms with Gasteiger partial charge < -0.3 is 10.1 Å². The molecule has 0 radical (unpaired) electrons. The van der Waals surface area contributed by atoms with Gasteiger partial charge in [-0.2, -0.15) is 0 Å². The van der Waals surface area contributed by atoms with Crippen LogP contribution in [-0.2, 0) is 24.4 Å². The first-order valence-corrected chi connectivity index (χ1v) is 12.0. The highest BCUT2D eigenvalue weighted by atomic mass is 16.5. The number of nitrogens with one attached hydrogen (secondary N) is 1. The maximum atomic E-state index is 12.0. The summed E-state index contributed by atoms with van der Waals surface area (Å²) in [5, 5.41) is 3.08. The third-order valence-electron chi connectivity index (χ3n) is 7.13. The summed E-state index contributed by atoms with van der Waals surface area (Å²) in [7, 11) is 0. The van der Waals surface area contributed by atoms with E-state index in [4.69, 9.17) is 4.74 Å². The lowest BCUT2D eigenvalue weighted by atomic mass is 9.85. The Labute approximate surface area is 186 Å². The highest BCUT2D eigenvalue weighted by Gasteiger charge is 2.26. The van der Waals surface area contributed by atoms with Crippen molar-refractivity contribution in [3.05, 3.63) is 64.7 Å². The average molecular weight is 419 g/mol. The molecule has 164 valence electrons. The third-order valence-corrected chi connectivity index (χ3v) is 7.13. The molecule has 1 N–H and O–H groups in total. The second-order valence-corrected chi connectivity index (χ2v) is 9.85. The van der Waals surface area contributed by atoms with E-state index in [1.165, 1.54) is 41.5 Å². The standard InChI is InChI=1S/C27H34N2O2/c1-19-15-29(17-24-11-12-25(13-26(19)24)31-18-22-9-10-22)16-21-7-5-20(6-8-21)14-28-27(30)23-3-2-4-23/h5-8,11-13,19,22-23H,2-4,9-10,14-18H2,1H3,(H,28,30). The topological polar surface area (TPSA) is 41.6 Å². The number of carbonyl (C=O) groups is 1. The zero-order valence-electron chi connectivity index (χ0n) is 18.6. The lowest BCUT2D eigenvalue weighted by Crippen LogP contribution is -2.34. The van der Waals surface area contributed by atoms with Crippen molar-refractivity contribution >= 4 is 5.91 Å². The maximum absolute atomic E-state index is 12.0. The van der Waals surface area contributed by atoms with Crippen molar-refractivity contribution in [3.8, 4) is 5.75 Å². The van der Waals surface area contributed by atoms with Gasteiger partial charge in [-0.1, -0.05) is 43.7 Å². The molecule has 1 aliphatic heterocycles. The summed E-state index contributed by atoms with van der Waals surface area (Å²) in [6.07, 6.45) is 5.95. The normalized spacial score (nSPS) is 21.3. The van der Waals surface area contributed by atoms with Crippen LogP contribution in [0.3, 0.4) is 0 Å². The minimum Gasteiger partial charge on any atom is -0.493 e. The van der Waals surface area contributed by atoms with Crippen LogP contribution in [0.2, 0.25) is 0 Å². The van der Waals surface area contributed by atoms with Gasteiger partial charge in [0.05, 0.1) is 6.61 Å². The molecule has 2 aliphatic carbocycles. The van der Waals surface area contributed by atoms with E-state index in [2.05, 4.69) is 59.6 Å². The van der Waals surface area contributed by atoms with Crippen LogP contribution in [0.4, 0.5) is 0 Å². The molecule has 3 aliphatic rings. The SMILES string of the molecule is CC1CN(Cc2ccc(CNC(=O)C3CCC3)cc2)Cc2ccc(OCC3CC3)cc21. The fourth-order valence-electron chi connectivity index (χ4n) is 4.70. The van der Waals surface area contributed by atoms with Crippen molar-refractivity contribution in [2.45, 2.75) is 64.6 Å². The minimum absolute atomic E-state index is 0.220. The van der Waals surface area contributed by atoms with E-state index in [9.17, 15) is 4.79 Å². The van der Waals surface area contributed by atoms with Crippen LogP contribution < -0.4 is 10.1 Å². The van der Waals surface area contributed by atoms with Gasteiger partial charge in [0, 0.05) is 32.1 Å². The van der Waals surface area contributed by atoms with E-state index in [0.717, 1.165) is 50.8 Å². The van der Waals surface area contributed by atoms with Crippen molar-refractivity contribution in [3.63, 3.8) is 0 Å². The Bertz CT molecular complexity index is 915. The number of carbonyl (C=O) groups excluding carboxylic acids is 1. The summed E-state index contributed by atoms with van der Waals surface area (Å²) in [5.41, 5.74) is 5.37. The van der Waals surface area contributed by atoms with Crippen LogP contribution in [0.15, 0.2) is 42.5 Å². The molecular weight excluding hydrogens is 384 g/mol. The first-order chi connectivity index (χ1) is 15.1. The maximum Gasteiger partial charge on any atom is 0.223 e. The molecule has 2 aromatic rings. The smallest absolute Gasteiger partial charge is 0.223 e. The van der Waals surface area contributed by atoms with E-state index < -0.39 is 0 Å². The first kappa shape index (κ1) is 20.6. The largest absolute Gasteiger partial charge is 0.493 e. The number of rotatable bonds is 8. The van der Waals surface area contributed by atoms with Crippen molar-refractivity contribution in [1.82, 2.24) is 10.2 Å². The van der Waals surface area contributed by atoms with Gasteiger partial charge in [0.1, 0.15) is 5.75 Å². The minimum atomic E-state index is 0.220. The Morgan fingerprint density at radius 1 is 1.06 bits per heavy atom. The quantitative estimate of drug-likeness (QED) is 0.655. The lowest BCUT2D eigenvalue weighted by molar-refractivity contribution is -0.127. The molecule has 0 aromatic heterocycles. The Morgan fingerprint density at radius 2 is 1.84 bits per heavy atom. The molecule has 4 nitrogen and oxygen atoms in total. The number of nitrogens with zero attached hydrogens (tertiary/aromatic N) is 1. The van der Waals surface area contributed by atoms with Crippen LogP contribution in [0.25, 0.3) is 0 Å². The van der Waals surface area contributed by atoms with Crippen LogP contribution >= 0.6 is 0 Å². The molecule has 31 heavy (non-hydrogen) atoms. The molecule has 1 amide bonds. The summed E-state index contributed by atoms with van der Waals surface area (Å²) in [5.74, 6) is 2.80. The molecule has 4 heteroatoms. The zero-order valence-corrected chi connectivity index (χ0v) is 18.6. The summed E-state index contributed by atoms with van der Waals surface area (Å²) < 4.78 is 6.00. The third kappa shape index (κ3) is 5.12. The van der Waals surface area contributed by atoms with Gasteiger partial charge in [-0.3, -0.25) is 9.69 Å². The van der Waals surface area contributed by atoms with Crippen LogP contribution in [0.5, 0.6) is 5.75 Å². The number of benzene rings is 2. The average Bonchev–Trinajstić information content (AvgIpc) is 3.55. The molecule has 1 heterocycles. The predicted octanol–water partition coefficient (Wildman–Crippen LogP) is 5.01. The Balaban J connectivity index is 1.15. The van der Waals surface area contributed by atoms with Crippen LogP contribution in [-0.4, -0.2) is 24.0 Å². The van der Waals surface area contributed by atoms with Crippen molar-refractivity contribution in [1.29, 1.82) is 0 Å². The first-order valence-electron chi connectivity index (χ1n) is 12.0. The number of fused-ring (bicyclic) bond motifs is 1. The molecular formula is C27H34N2O2. The van der Waals surface area contributed by atoms with E-state index in [1.807, 2.05) is 0 Å². The predicted molar refractivity (Wildman–Crippen MR) is 123 cm³/mol. The highest BCUT2D eigenvalue weighted by molar-refractivity contribution is 5.79. The number of ether oxygens (including phenoxy) is 1. The van der Waals surface area contributed by atoms with Gasteiger partial charge in [0.25, 0.3) is 0 Å².